The molecule has 0 atom stereocenters. The first kappa shape index (κ1) is 24.0. The van der Waals surface area contributed by atoms with Crippen LogP contribution in [-0.4, -0.2) is 41.3 Å². The molecule has 10 heteroatoms. The van der Waals surface area contributed by atoms with Gasteiger partial charge >= 0.3 is 11.9 Å². The van der Waals surface area contributed by atoms with Crippen LogP contribution in [0.5, 0.6) is 5.75 Å². The van der Waals surface area contributed by atoms with Crippen molar-refractivity contribution < 1.29 is 28.6 Å². The number of thiophene rings is 1. The van der Waals surface area contributed by atoms with Crippen LogP contribution >= 0.6 is 11.3 Å². The second kappa shape index (κ2) is 10.3. The van der Waals surface area contributed by atoms with Crippen LogP contribution in [0.4, 0.5) is 5.00 Å². The predicted octanol–water partition coefficient (Wildman–Crippen LogP) is 4.12. The van der Waals surface area contributed by atoms with Gasteiger partial charge in [-0.05, 0) is 62.6 Å². The van der Waals surface area contributed by atoms with E-state index in [4.69, 9.17) is 14.2 Å². The van der Waals surface area contributed by atoms with E-state index >= 15 is 0 Å². The van der Waals surface area contributed by atoms with Crippen molar-refractivity contribution in [2.75, 3.05) is 19.0 Å². The number of benzene rings is 1. The molecule has 1 amide bonds. The smallest absolute Gasteiger partial charge is 0.348 e. The molecule has 0 radical (unpaired) electrons. The molecule has 9 nitrogen and oxygen atoms in total. The lowest BCUT2D eigenvalue weighted by molar-refractivity contribution is 0.0531. The Labute approximate surface area is 195 Å². The van der Waals surface area contributed by atoms with Crippen molar-refractivity contribution in [2.45, 2.75) is 34.4 Å². The molecule has 2 aromatic heterocycles. The third-order valence-corrected chi connectivity index (χ3v) is 5.84. The second-order valence-electron chi connectivity index (χ2n) is 7.26. The van der Waals surface area contributed by atoms with Gasteiger partial charge in [-0.25, -0.2) is 14.3 Å². The highest BCUT2D eigenvalue weighted by atomic mass is 32.1. The number of anilines is 1. The van der Waals surface area contributed by atoms with Gasteiger partial charge in [0.05, 0.1) is 19.3 Å². The number of aromatic nitrogens is 2. The van der Waals surface area contributed by atoms with Crippen LogP contribution in [0.2, 0.25) is 0 Å². The molecule has 33 heavy (non-hydrogen) atoms. The van der Waals surface area contributed by atoms with Crippen LogP contribution in [0, 0.1) is 20.8 Å². The Morgan fingerprint density at radius 3 is 2.42 bits per heavy atom. The first-order valence-electron chi connectivity index (χ1n) is 10.2. The Morgan fingerprint density at radius 2 is 1.79 bits per heavy atom. The summed E-state index contributed by atoms with van der Waals surface area (Å²) in [5.41, 5.74) is 2.78. The monoisotopic (exact) mass is 471 g/mol. The van der Waals surface area contributed by atoms with Crippen molar-refractivity contribution in [1.29, 1.82) is 0 Å². The van der Waals surface area contributed by atoms with Gasteiger partial charge in [-0.2, -0.15) is 5.10 Å². The van der Waals surface area contributed by atoms with E-state index in [1.165, 1.54) is 17.9 Å². The standard InChI is InChI=1S/C23H25N3O6S/c1-6-31-23(29)19-15(4)18(22(28)30-5)21(33-19)24-20(27)17-7-8-26(25-17)12-32-16-10-13(2)9-14(3)11-16/h7-11H,6,12H2,1-5H3,(H,24,27). The van der Waals surface area contributed by atoms with Crippen LogP contribution in [0.3, 0.4) is 0 Å². The summed E-state index contributed by atoms with van der Waals surface area (Å²) in [4.78, 5) is 37.5. The molecule has 0 fully saturated rings. The van der Waals surface area contributed by atoms with Crippen molar-refractivity contribution in [2.24, 2.45) is 0 Å². The van der Waals surface area contributed by atoms with Crippen LogP contribution in [0.15, 0.2) is 30.5 Å². The minimum Gasteiger partial charge on any atom is -0.471 e. The summed E-state index contributed by atoms with van der Waals surface area (Å²) in [6, 6.07) is 7.41. The van der Waals surface area contributed by atoms with Crippen molar-refractivity contribution in [1.82, 2.24) is 9.78 Å². The number of hydrogen-bond acceptors (Lipinski definition) is 8. The fourth-order valence-corrected chi connectivity index (χ4v) is 4.30. The minimum atomic E-state index is -0.665. The Hall–Kier alpha value is -3.66. The van der Waals surface area contributed by atoms with Crippen LogP contribution in [0.25, 0.3) is 0 Å². The zero-order chi connectivity index (χ0) is 24.1. The van der Waals surface area contributed by atoms with E-state index in [0.29, 0.717) is 11.3 Å². The molecule has 0 aliphatic carbocycles. The van der Waals surface area contributed by atoms with E-state index in [0.717, 1.165) is 22.5 Å². The normalized spacial score (nSPS) is 10.6. The molecule has 174 valence electrons. The summed E-state index contributed by atoms with van der Waals surface area (Å²) in [6.45, 7) is 7.56. The maximum Gasteiger partial charge on any atom is 0.348 e. The first-order valence-corrected chi connectivity index (χ1v) is 11.0. The number of esters is 2. The van der Waals surface area contributed by atoms with Crippen molar-refractivity contribution in [3.63, 3.8) is 0 Å². The number of methoxy groups -OCH3 is 1. The van der Waals surface area contributed by atoms with Crippen LogP contribution in [-0.2, 0) is 16.2 Å². The molecule has 0 saturated carbocycles. The van der Waals surface area contributed by atoms with Crippen LogP contribution < -0.4 is 10.1 Å². The van der Waals surface area contributed by atoms with Gasteiger partial charge in [0.1, 0.15) is 15.6 Å². The lowest BCUT2D eigenvalue weighted by atomic mass is 10.1. The Kier molecular flexibility index (Phi) is 7.49. The molecular formula is C23H25N3O6S. The van der Waals surface area contributed by atoms with Crippen molar-refractivity contribution in [3.05, 3.63) is 63.3 Å². The zero-order valence-corrected chi connectivity index (χ0v) is 19.9. The lowest BCUT2D eigenvalue weighted by Crippen LogP contribution is -2.16. The topological polar surface area (TPSA) is 109 Å². The Morgan fingerprint density at radius 1 is 1.09 bits per heavy atom. The largest absolute Gasteiger partial charge is 0.471 e. The van der Waals surface area contributed by atoms with Gasteiger partial charge < -0.3 is 19.5 Å². The molecule has 1 N–H and O–H groups in total. The van der Waals surface area contributed by atoms with Crippen molar-refractivity contribution >= 4 is 34.2 Å². The van der Waals surface area contributed by atoms with E-state index in [-0.39, 0.29) is 34.5 Å². The van der Waals surface area contributed by atoms with Crippen LogP contribution in [0.1, 0.15) is 54.1 Å². The minimum absolute atomic E-state index is 0.108. The first-order chi connectivity index (χ1) is 15.7. The summed E-state index contributed by atoms with van der Waals surface area (Å²) in [5.74, 6) is -1.07. The summed E-state index contributed by atoms with van der Waals surface area (Å²) in [7, 11) is 1.23. The van der Waals surface area contributed by atoms with Gasteiger partial charge in [-0.1, -0.05) is 6.07 Å². The highest BCUT2D eigenvalue weighted by Crippen LogP contribution is 2.34. The fourth-order valence-electron chi connectivity index (χ4n) is 3.22. The molecule has 0 aliphatic rings. The average molecular weight is 472 g/mol. The van der Waals surface area contributed by atoms with E-state index < -0.39 is 17.8 Å². The number of amides is 1. The second-order valence-corrected chi connectivity index (χ2v) is 8.28. The summed E-state index contributed by atoms with van der Waals surface area (Å²) < 4.78 is 17.1. The third-order valence-electron chi connectivity index (χ3n) is 4.66. The van der Waals surface area contributed by atoms with Gasteiger partial charge in [0.2, 0.25) is 0 Å². The molecule has 1 aromatic carbocycles. The number of nitrogens with one attached hydrogen (secondary N) is 1. The molecule has 0 saturated heterocycles. The number of aryl methyl sites for hydroxylation is 2. The molecular weight excluding hydrogens is 446 g/mol. The molecule has 2 heterocycles. The quantitative estimate of drug-likeness (QED) is 0.492. The highest BCUT2D eigenvalue weighted by Gasteiger charge is 2.27. The average Bonchev–Trinajstić information content (AvgIpc) is 3.36. The number of carbonyl (C=O) groups excluding carboxylic acids is 3. The highest BCUT2D eigenvalue weighted by molar-refractivity contribution is 7.18. The fraction of sp³-hybridized carbons (Fsp3) is 0.304. The summed E-state index contributed by atoms with van der Waals surface area (Å²) in [6.07, 6.45) is 1.61. The molecule has 0 spiro atoms. The SMILES string of the molecule is CCOC(=O)c1sc(NC(=O)c2ccn(COc3cc(C)cc(C)c3)n2)c(C(=O)OC)c1C. The molecule has 0 unspecified atom stereocenters. The van der Waals surface area contributed by atoms with Gasteiger partial charge in [0.15, 0.2) is 12.4 Å². The number of hydrogen-bond donors (Lipinski definition) is 1. The van der Waals surface area contributed by atoms with E-state index in [2.05, 4.69) is 10.4 Å². The third kappa shape index (κ3) is 5.58. The Balaban J connectivity index is 1.76. The number of ether oxygens (including phenoxy) is 3. The maximum absolute atomic E-state index is 12.8. The van der Waals surface area contributed by atoms with E-state index in [1.807, 2.05) is 32.0 Å². The maximum atomic E-state index is 12.8. The van der Waals surface area contributed by atoms with Gasteiger partial charge in [-0.15, -0.1) is 11.3 Å². The molecule has 0 bridgehead atoms. The summed E-state index contributed by atoms with van der Waals surface area (Å²) in [5, 5.41) is 7.08. The lowest BCUT2D eigenvalue weighted by Gasteiger charge is -2.08. The number of carbonyl (C=O) groups is 3. The summed E-state index contributed by atoms with van der Waals surface area (Å²) >= 11 is 0.951. The van der Waals surface area contributed by atoms with E-state index in [1.54, 1.807) is 20.0 Å². The number of nitrogens with zero attached hydrogens (tertiary/aromatic N) is 2. The van der Waals surface area contributed by atoms with Gasteiger partial charge in [0.25, 0.3) is 5.91 Å². The zero-order valence-electron chi connectivity index (χ0n) is 19.1. The Bertz CT molecular complexity index is 1180. The van der Waals surface area contributed by atoms with Gasteiger partial charge in [0, 0.05) is 6.20 Å². The predicted molar refractivity (Wildman–Crippen MR) is 123 cm³/mol. The molecule has 0 aliphatic heterocycles. The van der Waals surface area contributed by atoms with Gasteiger partial charge in [-0.3, -0.25) is 4.79 Å². The number of rotatable bonds is 8. The van der Waals surface area contributed by atoms with Crippen molar-refractivity contribution in [3.8, 4) is 5.75 Å². The molecule has 3 aromatic rings. The van der Waals surface area contributed by atoms with E-state index in [9.17, 15) is 14.4 Å². The molecule has 3 rings (SSSR count).